The van der Waals surface area contributed by atoms with E-state index >= 15 is 0 Å². The molecule has 0 spiro atoms. The van der Waals surface area contributed by atoms with Crippen LogP contribution in [-0.2, 0) is 19.3 Å². The molecule has 0 amide bonds. The van der Waals surface area contributed by atoms with Crippen LogP contribution in [0.15, 0.2) is 0 Å². The molecule has 1 N–H and O–H groups in total. The minimum Gasteiger partial charge on any atom is -0.505 e. The summed E-state index contributed by atoms with van der Waals surface area (Å²) < 4.78 is 0. The van der Waals surface area contributed by atoms with E-state index < -0.39 is 0 Å². The molecule has 2 nitrogen and oxygen atoms in total. The van der Waals surface area contributed by atoms with E-state index in [2.05, 4.69) is 46.7 Å². The molecule has 132 valence electrons. The number of benzene rings is 1. The minimum absolute atomic E-state index is 0.547. The first kappa shape index (κ1) is 19.9. The van der Waals surface area contributed by atoms with Crippen molar-refractivity contribution in [2.75, 3.05) is 19.0 Å². The Morgan fingerprint density at radius 3 is 1.61 bits per heavy atom. The molecule has 0 atom stereocenters. The second-order valence-corrected chi connectivity index (χ2v) is 6.96. The average molecular weight is 320 g/mol. The zero-order chi connectivity index (χ0) is 17.4. The van der Waals surface area contributed by atoms with Crippen molar-refractivity contribution >= 4 is 5.69 Å². The summed E-state index contributed by atoms with van der Waals surface area (Å²) in [6.45, 7) is 8.97. The van der Waals surface area contributed by atoms with Gasteiger partial charge in [-0.3, -0.25) is 0 Å². The van der Waals surface area contributed by atoms with Crippen LogP contribution in [0.25, 0.3) is 0 Å². The smallest absolute Gasteiger partial charge is 0.142 e. The van der Waals surface area contributed by atoms with Gasteiger partial charge in [0.2, 0.25) is 0 Å². The molecule has 0 saturated carbocycles. The molecule has 0 aromatic heterocycles. The van der Waals surface area contributed by atoms with E-state index in [9.17, 15) is 5.11 Å². The summed E-state index contributed by atoms with van der Waals surface area (Å²) in [5, 5.41) is 11.0. The predicted octanol–water partition coefficient (Wildman–Crippen LogP) is 5.79. The molecule has 0 aliphatic carbocycles. The Morgan fingerprint density at radius 2 is 1.17 bits per heavy atom. The van der Waals surface area contributed by atoms with Crippen LogP contribution < -0.4 is 4.90 Å². The summed E-state index contributed by atoms with van der Waals surface area (Å²) in [6, 6.07) is 0. The second-order valence-electron chi connectivity index (χ2n) is 6.96. The zero-order valence-corrected chi connectivity index (χ0v) is 16.3. The van der Waals surface area contributed by atoms with Crippen LogP contribution in [0.1, 0.15) is 81.5 Å². The minimum atomic E-state index is 0.547. The summed E-state index contributed by atoms with van der Waals surface area (Å²) in [6.07, 6.45) is 10.3. The third-order valence-electron chi connectivity index (χ3n) is 4.85. The molecule has 0 heterocycles. The van der Waals surface area contributed by atoms with Crippen molar-refractivity contribution in [3.05, 3.63) is 22.3 Å². The van der Waals surface area contributed by atoms with Gasteiger partial charge in [0.25, 0.3) is 0 Å². The lowest BCUT2D eigenvalue weighted by Gasteiger charge is -2.26. The molecule has 1 aromatic carbocycles. The van der Waals surface area contributed by atoms with Crippen molar-refractivity contribution in [3.63, 3.8) is 0 Å². The van der Waals surface area contributed by atoms with Gasteiger partial charge in [-0.25, -0.2) is 0 Å². The van der Waals surface area contributed by atoms with E-state index in [1.807, 2.05) is 0 Å². The first-order valence-corrected chi connectivity index (χ1v) is 9.52. The van der Waals surface area contributed by atoms with Gasteiger partial charge in [-0.1, -0.05) is 40.0 Å². The van der Waals surface area contributed by atoms with Gasteiger partial charge in [0.1, 0.15) is 5.75 Å². The number of nitrogens with zero attached hydrogens (tertiary/aromatic N) is 1. The molecule has 0 bridgehead atoms. The zero-order valence-electron chi connectivity index (χ0n) is 16.3. The van der Waals surface area contributed by atoms with E-state index in [4.69, 9.17) is 0 Å². The van der Waals surface area contributed by atoms with E-state index in [1.54, 1.807) is 0 Å². The van der Waals surface area contributed by atoms with Gasteiger partial charge in [-0.15, -0.1) is 0 Å². The van der Waals surface area contributed by atoms with Crippen LogP contribution in [0.3, 0.4) is 0 Å². The molecule has 0 aliphatic rings. The summed E-state index contributed by atoms with van der Waals surface area (Å²) in [4.78, 5) is 2.10. The number of phenols is 1. The van der Waals surface area contributed by atoms with Crippen molar-refractivity contribution in [3.8, 4) is 5.75 Å². The second kappa shape index (κ2) is 9.85. The number of hydrogen-bond acceptors (Lipinski definition) is 2. The topological polar surface area (TPSA) is 23.5 Å². The molecule has 0 radical (unpaired) electrons. The Labute approximate surface area is 143 Å². The largest absolute Gasteiger partial charge is 0.505 e. The molecule has 1 aromatic rings. The Balaban J connectivity index is 3.47. The summed E-state index contributed by atoms with van der Waals surface area (Å²) >= 11 is 0. The van der Waals surface area contributed by atoms with Crippen molar-refractivity contribution in [2.45, 2.75) is 85.5 Å². The van der Waals surface area contributed by atoms with Crippen molar-refractivity contribution in [2.24, 2.45) is 0 Å². The van der Waals surface area contributed by atoms with Crippen molar-refractivity contribution in [1.82, 2.24) is 0 Å². The van der Waals surface area contributed by atoms with Crippen LogP contribution in [-0.4, -0.2) is 19.2 Å². The highest BCUT2D eigenvalue weighted by molar-refractivity contribution is 5.70. The number of aromatic hydroxyl groups is 1. The first-order valence-electron chi connectivity index (χ1n) is 9.52. The van der Waals surface area contributed by atoms with Gasteiger partial charge >= 0.3 is 0 Å². The SMILES string of the molecule is CCCCc1c(C)c(CCCC)c(N(C)C)c(O)c1CCCC. The van der Waals surface area contributed by atoms with Gasteiger partial charge in [0.05, 0.1) is 5.69 Å². The van der Waals surface area contributed by atoms with Gasteiger partial charge in [0, 0.05) is 14.1 Å². The number of anilines is 1. The van der Waals surface area contributed by atoms with Crippen LogP contribution in [0.2, 0.25) is 0 Å². The monoisotopic (exact) mass is 319 g/mol. The van der Waals surface area contributed by atoms with Crippen LogP contribution >= 0.6 is 0 Å². The van der Waals surface area contributed by atoms with Crippen LogP contribution in [0, 0.1) is 6.92 Å². The van der Waals surface area contributed by atoms with Gasteiger partial charge < -0.3 is 10.0 Å². The molecular formula is C21H37NO. The van der Waals surface area contributed by atoms with E-state index in [0.717, 1.165) is 31.4 Å². The highest BCUT2D eigenvalue weighted by atomic mass is 16.3. The Morgan fingerprint density at radius 1 is 0.739 bits per heavy atom. The van der Waals surface area contributed by atoms with Crippen molar-refractivity contribution < 1.29 is 5.11 Å². The van der Waals surface area contributed by atoms with Gasteiger partial charge in [-0.2, -0.15) is 0 Å². The summed E-state index contributed by atoms with van der Waals surface area (Å²) in [5.74, 6) is 0.547. The summed E-state index contributed by atoms with van der Waals surface area (Å²) in [7, 11) is 4.11. The number of hydrogen-bond donors (Lipinski definition) is 1. The highest BCUT2D eigenvalue weighted by Crippen LogP contribution is 2.41. The first-order chi connectivity index (χ1) is 11.0. The van der Waals surface area contributed by atoms with E-state index in [1.165, 1.54) is 54.4 Å². The maximum Gasteiger partial charge on any atom is 0.142 e. The average Bonchev–Trinajstić information content (AvgIpc) is 2.52. The lowest BCUT2D eigenvalue weighted by atomic mass is 9.86. The number of unbranched alkanes of at least 4 members (excludes halogenated alkanes) is 3. The predicted molar refractivity (Wildman–Crippen MR) is 103 cm³/mol. The molecule has 2 heteroatoms. The lowest BCUT2D eigenvalue weighted by molar-refractivity contribution is 0.464. The Hall–Kier alpha value is -1.18. The molecule has 23 heavy (non-hydrogen) atoms. The molecular weight excluding hydrogens is 282 g/mol. The fraction of sp³-hybridized carbons (Fsp3) is 0.714. The standard InChI is InChI=1S/C21H37NO/c1-7-10-13-17-16(4)18(14-11-8-2)20(22(5)6)21(23)19(17)15-12-9-3/h23H,7-15H2,1-6H3. The molecule has 0 saturated heterocycles. The fourth-order valence-electron chi connectivity index (χ4n) is 3.47. The third kappa shape index (κ3) is 4.89. The Bertz CT molecular complexity index is 491. The summed E-state index contributed by atoms with van der Waals surface area (Å²) in [5.41, 5.74) is 6.48. The molecule has 0 aliphatic heterocycles. The normalized spacial score (nSPS) is 11.0. The maximum atomic E-state index is 11.0. The third-order valence-corrected chi connectivity index (χ3v) is 4.85. The highest BCUT2D eigenvalue weighted by Gasteiger charge is 2.21. The number of rotatable bonds is 10. The molecule has 0 unspecified atom stereocenters. The van der Waals surface area contributed by atoms with Gasteiger partial charge in [0.15, 0.2) is 0 Å². The molecule has 1 rings (SSSR count). The molecule has 0 fully saturated rings. The van der Waals surface area contributed by atoms with Crippen molar-refractivity contribution in [1.29, 1.82) is 0 Å². The van der Waals surface area contributed by atoms with Gasteiger partial charge in [-0.05, 0) is 67.7 Å². The maximum absolute atomic E-state index is 11.0. The van der Waals surface area contributed by atoms with E-state index in [-0.39, 0.29) is 0 Å². The van der Waals surface area contributed by atoms with Crippen LogP contribution in [0.4, 0.5) is 5.69 Å². The van der Waals surface area contributed by atoms with E-state index in [0.29, 0.717) is 5.75 Å². The lowest BCUT2D eigenvalue weighted by Crippen LogP contribution is -2.15. The quantitative estimate of drug-likeness (QED) is 0.589. The number of phenolic OH excluding ortho intramolecular Hbond substituents is 1. The fourth-order valence-corrected chi connectivity index (χ4v) is 3.47. The Kier molecular flexibility index (Phi) is 8.51. The van der Waals surface area contributed by atoms with Crippen LogP contribution in [0.5, 0.6) is 5.75 Å².